The number of hydrogen-bond acceptors (Lipinski definition) is 6. The normalized spacial score (nSPS) is 11.0. The lowest BCUT2D eigenvalue weighted by atomic mass is 10.1. The van der Waals surface area contributed by atoms with Crippen molar-refractivity contribution in [1.82, 2.24) is 9.88 Å². The molecule has 0 aliphatic rings. The highest BCUT2D eigenvalue weighted by Crippen LogP contribution is 2.37. The lowest BCUT2D eigenvalue weighted by Crippen LogP contribution is -2.36. The molecule has 0 saturated carbocycles. The van der Waals surface area contributed by atoms with Gasteiger partial charge in [-0.3, -0.25) is 4.79 Å². The number of nitrogens with one attached hydrogen (secondary N) is 1. The molecular weight excluding hydrogens is 484 g/mol. The predicted molar refractivity (Wildman–Crippen MR) is 112 cm³/mol. The average Bonchev–Trinajstić information content (AvgIpc) is 3.01. The summed E-state index contributed by atoms with van der Waals surface area (Å²) in [6, 6.07) is 8.28. The summed E-state index contributed by atoms with van der Waals surface area (Å²) in [5.74, 6) is -0.779. The first-order chi connectivity index (χ1) is 13.0. The summed E-state index contributed by atoms with van der Waals surface area (Å²) in [4.78, 5) is 19.4. The number of aliphatic hydroxyl groups is 2. The van der Waals surface area contributed by atoms with Crippen LogP contribution in [0.1, 0.15) is 10.4 Å². The molecule has 0 bridgehead atoms. The third-order valence-corrected chi connectivity index (χ3v) is 5.59. The number of thiophene rings is 1. The second-order valence-corrected chi connectivity index (χ2v) is 7.90. The summed E-state index contributed by atoms with van der Waals surface area (Å²) in [5.41, 5.74) is 0.606. The van der Waals surface area contributed by atoms with E-state index in [2.05, 4.69) is 10.3 Å². The van der Waals surface area contributed by atoms with Gasteiger partial charge in [0, 0.05) is 28.2 Å². The molecule has 3 rings (SSSR count). The minimum absolute atomic E-state index is 0.0916. The van der Waals surface area contributed by atoms with Crippen LogP contribution in [0.4, 0.5) is 15.1 Å². The maximum atomic E-state index is 14.3. The van der Waals surface area contributed by atoms with E-state index >= 15 is 0 Å². The summed E-state index contributed by atoms with van der Waals surface area (Å²) in [5, 5.41) is 22.6. The lowest BCUT2D eigenvalue weighted by Gasteiger charge is -2.21. The number of pyridine rings is 1. The van der Waals surface area contributed by atoms with Crippen molar-refractivity contribution in [2.24, 2.45) is 0 Å². The van der Waals surface area contributed by atoms with Crippen molar-refractivity contribution in [3.05, 3.63) is 51.5 Å². The van der Waals surface area contributed by atoms with E-state index < -0.39 is 5.82 Å². The summed E-state index contributed by atoms with van der Waals surface area (Å²) >= 11 is 3.28. The van der Waals surface area contributed by atoms with Crippen molar-refractivity contribution >= 4 is 60.7 Å². The van der Waals surface area contributed by atoms with E-state index in [1.165, 1.54) is 22.3 Å². The van der Waals surface area contributed by atoms with Gasteiger partial charge in [0.05, 0.1) is 24.5 Å². The van der Waals surface area contributed by atoms with Gasteiger partial charge in [0.25, 0.3) is 5.91 Å². The summed E-state index contributed by atoms with van der Waals surface area (Å²) in [6.45, 7) is -0.260. The predicted octanol–water partition coefficient (Wildman–Crippen LogP) is 3.21. The van der Waals surface area contributed by atoms with Crippen LogP contribution in [0.3, 0.4) is 0 Å². The van der Waals surface area contributed by atoms with Gasteiger partial charge in [0.2, 0.25) is 0 Å². The van der Waals surface area contributed by atoms with E-state index in [4.69, 9.17) is 0 Å². The van der Waals surface area contributed by atoms with Gasteiger partial charge in [0.15, 0.2) is 0 Å². The third kappa shape index (κ3) is 4.37. The third-order valence-electron chi connectivity index (χ3n) is 3.89. The summed E-state index contributed by atoms with van der Waals surface area (Å²) in [6.07, 6.45) is 1.63. The van der Waals surface area contributed by atoms with Crippen LogP contribution in [-0.4, -0.2) is 52.3 Å². The van der Waals surface area contributed by atoms with Crippen LogP contribution in [0.15, 0.2) is 36.5 Å². The number of fused-ring (bicyclic) bond motifs is 1. The first-order valence-corrected chi connectivity index (χ1v) is 10.0. The van der Waals surface area contributed by atoms with Crippen LogP contribution in [0.5, 0.6) is 0 Å². The number of amides is 1. The van der Waals surface area contributed by atoms with Gasteiger partial charge in [-0.1, -0.05) is 11.3 Å². The molecule has 2 aromatic heterocycles. The van der Waals surface area contributed by atoms with E-state index in [0.717, 1.165) is 3.57 Å². The first kappa shape index (κ1) is 19.9. The molecule has 0 radical (unpaired) electrons. The maximum Gasteiger partial charge on any atom is 0.257 e. The molecule has 6 nitrogen and oxygen atoms in total. The van der Waals surface area contributed by atoms with E-state index in [-0.39, 0.29) is 37.9 Å². The Hall–Kier alpha value is -1.82. The molecule has 0 atom stereocenters. The molecule has 0 aliphatic carbocycles. The topological polar surface area (TPSA) is 85.7 Å². The minimum Gasteiger partial charge on any atom is -0.395 e. The fourth-order valence-corrected chi connectivity index (χ4v) is 4.16. The Kier molecular flexibility index (Phi) is 6.58. The molecule has 142 valence electrons. The second kappa shape index (κ2) is 8.91. The van der Waals surface area contributed by atoms with Crippen LogP contribution in [0.2, 0.25) is 0 Å². The van der Waals surface area contributed by atoms with Gasteiger partial charge < -0.3 is 20.4 Å². The molecule has 0 saturated heterocycles. The Balaban J connectivity index is 2.07. The molecule has 1 amide bonds. The largest absolute Gasteiger partial charge is 0.395 e. The SMILES string of the molecule is O=C(c1c(Nc2ccc(I)cc2F)sc2ncccc12)N(CCO)CCO. The van der Waals surface area contributed by atoms with Gasteiger partial charge >= 0.3 is 0 Å². The molecule has 3 aromatic rings. The molecule has 0 fully saturated rings. The quantitative estimate of drug-likeness (QED) is 0.433. The lowest BCUT2D eigenvalue weighted by molar-refractivity contribution is 0.0688. The maximum absolute atomic E-state index is 14.3. The Bertz CT molecular complexity index is 960. The van der Waals surface area contributed by atoms with Crippen molar-refractivity contribution in [2.45, 2.75) is 0 Å². The number of aromatic nitrogens is 1. The molecule has 3 N–H and O–H groups in total. The number of hydrogen-bond donors (Lipinski definition) is 3. The Labute approximate surface area is 172 Å². The van der Waals surface area contributed by atoms with Crippen LogP contribution in [0, 0.1) is 9.39 Å². The van der Waals surface area contributed by atoms with E-state index in [1.807, 2.05) is 22.6 Å². The minimum atomic E-state index is -0.423. The van der Waals surface area contributed by atoms with Crippen LogP contribution in [-0.2, 0) is 0 Å². The number of carbonyl (C=O) groups excluding carboxylic acids is 1. The molecule has 0 spiro atoms. The van der Waals surface area contributed by atoms with Crippen molar-refractivity contribution in [1.29, 1.82) is 0 Å². The molecular formula is C18H17FIN3O3S. The zero-order valence-electron chi connectivity index (χ0n) is 14.2. The van der Waals surface area contributed by atoms with Gasteiger partial charge in [-0.15, -0.1) is 0 Å². The van der Waals surface area contributed by atoms with Crippen LogP contribution in [0.25, 0.3) is 10.2 Å². The van der Waals surface area contributed by atoms with Crippen molar-refractivity contribution in [3.8, 4) is 0 Å². The van der Waals surface area contributed by atoms with E-state index in [9.17, 15) is 19.4 Å². The Morgan fingerprint density at radius 2 is 2.00 bits per heavy atom. The van der Waals surface area contributed by atoms with Gasteiger partial charge in [-0.05, 0) is 52.9 Å². The van der Waals surface area contributed by atoms with E-state index in [1.54, 1.807) is 30.5 Å². The number of carbonyl (C=O) groups is 1. The number of benzene rings is 1. The molecule has 0 unspecified atom stereocenters. The highest BCUT2D eigenvalue weighted by molar-refractivity contribution is 14.1. The van der Waals surface area contributed by atoms with Crippen LogP contribution < -0.4 is 5.32 Å². The molecule has 0 aliphatic heterocycles. The fourth-order valence-electron chi connectivity index (χ4n) is 2.66. The van der Waals surface area contributed by atoms with Crippen molar-refractivity contribution < 1.29 is 19.4 Å². The van der Waals surface area contributed by atoms with Gasteiger partial charge in [-0.25, -0.2) is 9.37 Å². The standard InChI is InChI=1S/C18H17FIN3O3S/c19-13-10-11(20)3-4-14(13)22-17-15(12-2-1-5-21-16(12)27-17)18(26)23(6-8-24)7-9-25/h1-5,10,22,24-25H,6-9H2. The molecule has 1 aromatic carbocycles. The highest BCUT2D eigenvalue weighted by Gasteiger charge is 2.24. The van der Waals surface area contributed by atoms with Crippen LogP contribution >= 0.6 is 33.9 Å². The number of rotatable bonds is 7. The summed E-state index contributed by atoms with van der Waals surface area (Å²) in [7, 11) is 0. The molecule has 9 heteroatoms. The molecule has 27 heavy (non-hydrogen) atoms. The van der Waals surface area contributed by atoms with Crippen molar-refractivity contribution in [3.63, 3.8) is 0 Å². The fraction of sp³-hybridized carbons (Fsp3) is 0.222. The number of nitrogens with zero attached hydrogens (tertiary/aromatic N) is 2. The monoisotopic (exact) mass is 501 g/mol. The Morgan fingerprint density at radius 1 is 1.26 bits per heavy atom. The smallest absolute Gasteiger partial charge is 0.257 e. The zero-order chi connectivity index (χ0) is 19.4. The van der Waals surface area contributed by atoms with Crippen molar-refractivity contribution in [2.75, 3.05) is 31.6 Å². The first-order valence-electron chi connectivity index (χ1n) is 8.15. The van der Waals surface area contributed by atoms with E-state index in [0.29, 0.717) is 20.8 Å². The highest BCUT2D eigenvalue weighted by atomic mass is 127. The summed E-state index contributed by atoms with van der Waals surface area (Å²) < 4.78 is 15.1. The number of aliphatic hydroxyl groups excluding tert-OH is 2. The van der Waals surface area contributed by atoms with Gasteiger partial charge in [0.1, 0.15) is 15.6 Å². The average molecular weight is 501 g/mol. The number of anilines is 2. The zero-order valence-corrected chi connectivity index (χ0v) is 17.1. The molecule has 2 heterocycles. The number of halogens is 2. The Morgan fingerprint density at radius 3 is 2.67 bits per heavy atom. The second-order valence-electron chi connectivity index (χ2n) is 5.65. The van der Waals surface area contributed by atoms with Gasteiger partial charge in [-0.2, -0.15) is 0 Å².